The number of ether oxygens (including phenoxy) is 1. The number of fused-ring (bicyclic) bond motifs is 1. The largest absolute Gasteiger partial charge is 0.486 e. The number of pyridine rings is 1. The van der Waals surface area contributed by atoms with Crippen molar-refractivity contribution >= 4 is 33.2 Å². The van der Waals surface area contributed by atoms with Gasteiger partial charge in [0.15, 0.2) is 0 Å². The van der Waals surface area contributed by atoms with E-state index in [-0.39, 0.29) is 0 Å². The fourth-order valence-electron chi connectivity index (χ4n) is 1.80. The lowest BCUT2D eigenvalue weighted by molar-refractivity contribution is 0.302. The van der Waals surface area contributed by atoms with Crippen LogP contribution in [0.4, 0.5) is 0 Å². The molecule has 0 aliphatic carbocycles. The van der Waals surface area contributed by atoms with Gasteiger partial charge in [-0.25, -0.2) is 4.98 Å². The highest BCUT2D eigenvalue weighted by Gasteiger charge is 2.05. The van der Waals surface area contributed by atoms with E-state index in [4.69, 9.17) is 16.3 Å². The van der Waals surface area contributed by atoms with Crippen molar-refractivity contribution in [3.05, 3.63) is 64.0 Å². The lowest BCUT2D eigenvalue weighted by atomic mass is 10.3. The minimum absolute atomic E-state index is 0.392. The Morgan fingerprint density at radius 1 is 1.26 bits per heavy atom. The summed E-state index contributed by atoms with van der Waals surface area (Å²) in [5.41, 5.74) is 1.77. The zero-order chi connectivity index (χ0) is 13.2. The van der Waals surface area contributed by atoms with Gasteiger partial charge in [0, 0.05) is 16.9 Å². The topological polar surface area (TPSA) is 26.5 Å². The Morgan fingerprint density at radius 2 is 2.16 bits per heavy atom. The first-order valence-corrected chi connectivity index (χ1v) is 6.90. The molecule has 5 heteroatoms. The quantitative estimate of drug-likeness (QED) is 0.711. The van der Waals surface area contributed by atoms with Crippen molar-refractivity contribution in [2.45, 2.75) is 6.61 Å². The van der Waals surface area contributed by atoms with E-state index < -0.39 is 0 Å². The Bertz CT molecular complexity index is 693. The molecular weight excluding hydrogens is 328 g/mol. The Kier molecular flexibility index (Phi) is 3.44. The monoisotopic (exact) mass is 336 g/mol. The van der Waals surface area contributed by atoms with Crippen molar-refractivity contribution in [3.8, 4) is 5.75 Å². The second-order valence-electron chi connectivity index (χ2n) is 4.06. The number of benzene rings is 1. The number of hydrogen-bond donors (Lipinski definition) is 0. The summed E-state index contributed by atoms with van der Waals surface area (Å²) in [7, 11) is 0. The molecule has 0 aliphatic heterocycles. The summed E-state index contributed by atoms with van der Waals surface area (Å²) in [5.74, 6) is 0.655. The molecule has 0 aliphatic rings. The highest BCUT2D eigenvalue weighted by molar-refractivity contribution is 9.10. The van der Waals surface area contributed by atoms with E-state index in [1.54, 1.807) is 6.07 Å². The van der Waals surface area contributed by atoms with Gasteiger partial charge in [0.05, 0.1) is 10.7 Å². The molecular formula is C14H10BrClN2O. The van der Waals surface area contributed by atoms with Gasteiger partial charge >= 0.3 is 0 Å². The van der Waals surface area contributed by atoms with Gasteiger partial charge in [0.25, 0.3) is 0 Å². The Balaban J connectivity index is 1.78. The fourth-order valence-corrected chi connectivity index (χ4v) is 2.53. The number of aromatic nitrogens is 2. The summed E-state index contributed by atoms with van der Waals surface area (Å²) in [6.45, 7) is 0.392. The lowest BCUT2D eigenvalue weighted by Crippen LogP contribution is -1.96. The zero-order valence-electron chi connectivity index (χ0n) is 9.88. The molecule has 19 heavy (non-hydrogen) atoms. The normalized spacial score (nSPS) is 10.8. The number of hydrogen-bond acceptors (Lipinski definition) is 2. The number of halogens is 2. The summed E-state index contributed by atoms with van der Waals surface area (Å²) in [6, 6.07) is 11.4. The van der Waals surface area contributed by atoms with E-state index in [1.807, 2.05) is 47.1 Å². The first-order chi connectivity index (χ1) is 9.22. The molecule has 0 N–H and O–H groups in total. The van der Waals surface area contributed by atoms with E-state index in [2.05, 4.69) is 20.9 Å². The van der Waals surface area contributed by atoms with Crippen molar-refractivity contribution in [2.75, 3.05) is 0 Å². The maximum atomic E-state index is 6.09. The van der Waals surface area contributed by atoms with E-state index in [0.717, 1.165) is 15.8 Å². The molecule has 3 nitrogen and oxygen atoms in total. The molecule has 0 fully saturated rings. The first-order valence-electron chi connectivity index (χ1n) is 5.73. The highest BCUT2D eigenvalue weighted by atomic mass is 79.9. The van der Waals surface area contributed by atoms with Gasteiger partial charge in [0.2, 0.25) is 0 Å². The second kappa shape index (κ2) is 5.23. The lowest BCUT2D eigenvalue weighted by Gasteiger charge is -2.06. The molecule has 96 valence electrons. The Hall–Kier alpha value is -1.52. The number of rotatable bonds is 3. The molecule has 2 heterocycles. The van der Waals surface area contributed by atoms with Crippen LogP contribution in [0.1, 0.15) is 5.69 Å². The smallest absolute Gasteiger partial charge is 0.138 e. The molecule has 0 amide bonds. The SMILES string of the molecule is Clc1cc(Br)ccc1OCc1cn2ccccc2n1. The van der Waals surface area contributed by atoms with Crippen molar-refractivity contribution in [2.24, 2.45) is 0 Å². The van der Waals surface area contributed by atoms with Crippen LogP contribution < -0.4 is 4.74 Å². The van der Waals surface area contributed by atoms with Crippen LogP contribution >= 0.6 is 27.5 Å². The van der Waals surface area contributed by atoms with Gasteiger partial charge in [-0.3, -0.25) is 0 Å². The molecule has 3 aromatic rings. The minimum atomic E-state index is 0.392. The van der Waals surface area contributed by atoms with Gasteiger partial charge < -0.3 is 9.14 Å². The standard InChI is InChI=1S/C14H10BrClN2O/c15-10-4-5-13(12(16)7-10)19-9-11-8-18-6-2-1-3-14(18)17-11/h1-8H,9H2. The van der Waals surface area contributed by atoms with Crippen LogP contribution in [0.15, 0.2) is 53.3 Å². The molecule has 0 atom stereocenters. The molecule has 0 saturated carbocycles. The van der Waals surface area contributed by atoms with Crippen LogP contribution in [0.2, 0.25) is 5.02 Å². The van der Waals surface area contributed by atoms with Crippen LogP contribution in [0.5, 0.6) is 5.75 Å². The summed E-state index contributed by atoms with van der Waals surface area (Å²) >= 11 is 9.45. The van der Waals surface area contributed by atoms with E-state index in [1.165, 1.54) is 0 Å². The number of imidazole rings is 1. The zero-order valence-corrected chi connectivity index (χ0v) is 12.2. The van der Waals surface area contributed by atoms with Crippen molar-refractivity contribution in [1.29, 1.82) is 0 Å². The third kappa shape index (κ3) is 2.74. The summed E-state index contributed by atoms with van der Waals surface area (Å²) < 4.78 is 8.57. The molecule has 1 aromatic carbocycles. The van der Waals surface area contributed by atoms with Gasteiger partial charge in [-0.1, -0.05) is 33.6 Å². The molecule has 0 radical (unpaired) electrons. The maximum Gasteiger partial charge on any atom is 0.138 e. The van der Waals surface area contributed by atoms with E-state index >= 15 is 0 Å². The molecule has 0 bridgehead atoms. The maximum absolute atomic E-state index is 6.09. The van der Waals surface area contributed by atoms with E-state index in [0.29, 0.717) is 17.4 Å². The Labute approximate surface area is 123 Å². The van der Waals surface area contributed by atoms with Crippen LogP contribution in [-0.4, -0.2) is 9.38 Å². The van der Waals surface area contributed by atoms with E-state index in [9.17, 15) is 0 Å². The predicted molar refractivity (Wildman–Crippen MR) is 78.7 cm³/mol. The summed E-state index contributed by atoms with van der Waals surface area (Å²) in [4.78, 5) is 4.46. The summed E-state index contributed by atoms with van der Waals surface area (Å²) in [5, 5.41) is 0.582. The average molecular weight is 338 g/mol. The minimum Gasteiger partial charge on any atom is -0.486 e. The third-order valence-corrected chi connectivity index (χ3v) is 3.47. The molecule has 0 spiro atoms. The van der Waals surface area contributed by atoms with Crippen LogP contribution in [0.3, 0.4) is 0 Å². The van der Waals surface area contributed by atoms with Gasteiger partial charge in [-0.2, -0.15) is 0 Å². The van der Waals surface area contributed by atoms with Crippen LogP contribution in [0.25, 0.3) is 5.65 Å². The second-order valence-corrected chi connectivity index (χ2v) is 5.38. The number of nitrogens with zero attached hydrogens (tertiary/aromatic N) is 2. The predicted octanol–water partition coefficient (Wildman–Crippen LogP) is 4.33. The molecule has 3 rings (SSSR count). The van der Waals surface area contributed by atoms with Gasteiger partial charge in [-0.15, -0.1) is 0 Å². The molecule has 0 saturated heterocycles. The van der Waals surface area contributed by atoms with Crippen LogP contribution in [0, 0.1) is 0 Å². The average Bonchev–Trinajstić information content (AvgIpc) is 2.80. The van der Waals surface area contributed by atoms with Crippen LogP contribution in [-0.2, 0) is 6.61 Å². The molecule has 0 unspecified atom stereocenters. The van der Waals surface area contributed by atoms with Crippen molar-refractivity contribution in [3.63, 3.8) is 0 Å². The van der Waals surface area contributed by atoms with Gasteiger partial charge in [0.1, 0.15) is 18.0 Å². The molecule has 2 aromatic heterocycles. The highest BCUT2D eigenvalue weighted by Crippen LogP contribution is 2.28. The van der Waals surface area contributed by atoms with Crippen molar-refractivity contribution in [1.82, 2.24) is 9.38 Å². The third-order valence-electron chi connectivity index (χ3n) is 2.68. The fraction of sp³-hybridized carbons (Fsp3) is 0.0714. The van der Waals surface area contributed by atoms with Crippen molar-refractivity contribution < 1.29 is 4.74 Å². The first kappa shape index (κ1) is 12.5. The summed E-state index contributed by atoms with van der Waals surface area (Å²) in [6.07, 6.45) is 3.90. The Morgan fingerprint density at radius 3 is 2.95 bits per heavy atom. The van der Waals surface area contributed by atoms with Gasteiger partial charge in [-0.05, 0) is 30.3 Å².